The molecule has 2 aromatic carbocycles. The first-order chi connectivity index (χ1) is 10.8. The number of hydrogen-bond donors (Lipinski definition) is 0. The van der Waals surface area contributed by atoms with Crippen molar-refractivity contribution >= 4 is 10.9 Å². The van der Waals surface area contributed by atoms with E-state index in [9.17, 15) is 0 Å². The van der Waals surface area contributed by atoms with Gasteiger partial charge in [0.15, 0.2) is 11.5 Å². The van der Waals surface area contributed by atoms with Crippen molar-refractivity contribution in [2.75, 3.05) is 14.2 Å². The summed E-state index contributed by atoms with van der Waals surface area (Å²) in [6, 6.07) is 13.6. The van der Waals surface area contributed by atoms with Crippen LogP contribution in [-0.4, -0.2) is 24.2 Å². The Labute approximate surface area is 128 Å². The first kappa shape index (κ1) is 14.1. The lowest BCUT2D eigenvalue weighted by molar-refractivity contribution is 0.285. The van der Waals surface area contributed by atoms with Crippen LogP contribution in [0.5, 0.6) is 17.4 Å². The molecule has 0 radical (unpaired) electrons. The van der Waals surface area contributed by atoms with E-state index in [2.05, 4.69) is 9.97 Å². The van der Waals surface area contributed by atoms with Gasteiger partial charge in [-0.05, 0) is 11.6 Å². The third-order valence-corrected chi connectivity index (χ3v) is 3.31. The van der Waals surface area contributed by atoms with Gasteiger partial charge in [-0.2, -0.15) is 0 Å². The van der Waals surface area contributed by atoms with Crippen LogP contribution in [0.3, 0.4) is 0 Å². The second kappa shape index (κ2) is 6.30. The number of fused-ring (bicyclic) bond motifs is 1. The molecule has 3 rings (SSSR count). The number of ether oxygens (including phenoxy) is 3. The minimum absolute atomic E-state index is 0.463. The average molecular weight is 296 g/mol. The Balaban J connectivity index is 1.95. The Morgan fingerprint density at radius 1 is 0.909 bits per heavy atom. The van der Waals surface area contributed by atoms with E-state index in [-0.39, 0.29) is 0 Å². The van der Waals surface area contributed by atoms with E-state index >= 15 is 0 Å². The van der Waals surface area contributed by atoms with Crippen molar-refractivity contribution in [3.05, 3.63) is 54.4 Å². The zero-order valence-corrected chi connectivity index (χ0v) is 12.4. The standard InChI is InChI=1S/C17H16N2O3/c1-20-15-8-13-14(18-11-19-17(13)21-2)9-16(15)22-10-12-6-4-3-5-7-12/h3-9,11H,10H2,1-2H3. The summed E-state index contributed by atoms with van der Waals surface area (Å²) < 4.78 is 16.5. The van der Waals surface area contributed by atoms with Crippen molar-refractivity contribution in [3.8, 4) is 17.4 Å². The normalized spacial score (nSPS) is 10.5. The summed E-state index contributed by atoms with van der Waals surface area (Å²) in [4.78, 5) is 8.35. The van der Waals surface area contributed by atoms with Crippen molar-refractivity contribution < 1.29 is 14.2 Å². The van der Waals surface area contributed by atoms with Crippen LogP contribution in [0.4, 0.5) is 0 Å². The zero-order valence-electron chi connectivity index (χ0n) is 12.4. The van der Waals surface area contributed by atoms with Crippen LogP contribution in [0, 0.1) is 0 Å². The van der Waals surface area contributed by atoms with Gasteiger partial charge in [-0.25, -0.2) is 9.97 Å². The number of rotatable bonds is 5. The lowest BCUT2D eigenvalue weighted by Crippen LogP contribution is -1.99. The maximum absolute atomic E-state index is 5.87. The summed E-state index contributed by atoms with van der Waals surface area (Å²) in [5.74, 6) is 1.77. The monoisotopic (exact) mass is 296 g/mol. The van der Waals surface area contributed by atoms with Gasteiger partial charge in [0.25, 0.3) is 0 Å². The Morgan fingerprint density at radius 2 is 1.73 bits per heavy atom. The molecule has 0 amide bonds. The van der Waals surface area contributed by atoms with Gasteiger partial charge in [-0.1, -0.05) is 30.3 Å². The predicted octanol–water partition coefficient (Wildman–Crippen LogP) is 3.23. The van der Waals surface area contributed by atoms with Gasteiger partial charge in [-0.15, -0.1) is 0 Å². The molecule has 0 fully saturated rings. The molecule has 0 saturated carbocycles. The van der Waals surface area contributed by atoms with Crippen molar-refractivity contribution in [1.82, 2.24) is 9.97 Å². The minimum atomic E-state index is 0.463. The van der Waals surface area contributed by atoms with Gasteiger partial charge in [0.05, 0.1) is 25.1 Å². The molecule has 5 nitrogen and oxygen atoms in total. The number of aromatic nitrogens is 2. The first-order valence-electron chi connectivity index (χ1n) is 6.85. The summed E-state index contributed by atoms with van der Waals surface area (Å²) in [6.07, 6.45) is 1.47. The molecule has 112 valence electrons. The first-order valence-corrected chi connectivity index (χ1v) is 6.85. The van der Waals surface area contributed by atoms with Gasteiger partial charge in [0, 0.05) is 6.07 Å². The Hall–Kier alpha value is -2.82. The molecule has 0 aliphatic rings. The molecule has 0 aliphatic carbocycles. The molecule has 0 saturated heterocycles. The quantitative estimate of drug-likeness (QED) is 0.723. The molecule has 1 aromatic heterocycles. The molecule has 5 heteroatoms. The summed E-state index contributed by atoms with van der Waals surface area (Å²) in [5, 5.41) is 0.786. The van der Waals surface area contributed by atoms with Gasteiger partial charge < -0.3 is 14.2 Å². The molecule has 1 heterocycles. The zero-order chi connectivity index (χ0) is 15.4. The van der Waals surface area contributed by atoms with Crippen molar-refractivity contribution in [2.24, 2.45) is 0 Å². The van der Waals surface area contributed by atoms with E-state index < -0.39 is 0 Å². The molecule has 0 aliphatic heterocycles. The minimum Gasteiger partial charge on any atom is -0.493 e. The molecule has 3 aromatic rings. The lowest BCUT2D eigenvalue weighted by Gasteiger charge is -2.12. The van der Waals surface area contributed by atoms with Crippen molar-refractivity contribution in [1.29, 1.82) is 0 Å². The maximum Gasteiger partial charge on any atom is 0.224 e. The Morgan fingerprint density at radius 3 is 2.45 bits per heavy atom. The fourth-order valence-electron chi connectivity index (χ4n) is 2.21. The summed E-state index contributed by atoms with van der Waals surface area (Å²) in [6.45, 7) is 0.463. The maximum atomic E-state index is 5.87. The fourth-order valence-corrected chi connectivity index (χ4v) is 2.21. The number of methoxy groups -OCH3 is 2. The van der Waals surface area contributed by atoms with Crippen LogP contribution in [0.1, 0.15) is 5.56 Å². The predicted molar refractivity (Wildman–Crippen MR) is 83.4 cm³/mol. The molecule has 0 bridgehead atoms. The molecule has 22 heavy (non-hydrogen) atoms. The third-order valence-electron chi connectivity index (χ3n) is 3.31. The van der Waals surface area contributed by atoms with Gasteiger partial charge >= 0.3 is 0 Å². The van der Waals surface area contributed by atoms with Crippen LogP contribution in [0.2, 0.25) is 0 Å². The van der Waals surface area contributed by atoms with Crippen LogP contribution >= 0.6 is 0 Å². The molecule has 0 unspecified atom stereocenters. The van der Waals surface area contributed by atoms with E-state index in [1.165, 1.54) is 6.33 Å². The highest BCUT2D eigenvalue weighted by Crippen LogP contribution is 2.34. The highest BCUT2D eigenvalue weighted by atomic mass is 16.5. The Kier molecular flexibility index (Phi) is 4.05. The molecular weight excluding hydrogens is 280 g/mol. The topological polar surface area (TPSA) is 53.5 Å². The van der Waals surface area contributed by atoms with E-state index in [0.717, 1.165) is 16.5 Å². The summed E-state index contributed by atoms with van der Waals surface area (Å²) in [5.41, 5.74) is 1.83. The van der Waals surface area contributed by atoms with Crippen LogP contribution in [-0.2, 0) is 6.61 Å². The lowest BCUT2D eigenvalue weighted by atomic mass is 10.2. The van der Waals surface area contributed by atoms with Crippen LogP contribution in [0.15, 0.2) is 48.8 Å². The Bertz CT molecular complexity index is 775. The van der Waals surface area contributed by atoms with E-state index in [0.29, 0.717) is 24.0 Å². The second-order valence-electron chi connectivity index (χ2n) is 4.68. The van der Waals surface area contributed by atoms with E-state index in [1.54, 1.807) is 14.2 Å². The summed E-state index contributed by atoms with van der Waals surface area (Å²) >= 11 is 0. The van der Waals surface area contributed by atoms with Gasteiger partial charge in [0.2, 0.25) is 5.88 Å². The molecule has 0 N–H and O–H groups in total. The second-order valence-corrected chi connectivity index (χ2v) is 4.68. The van der Waals surface area contributed by atoms with Crippen molar-refractivity contribution in [3.63, 3.8) is 0 Å². The smallest absolute Gasteiger partial charge is 0.224 e. The highest BCUT2D eigenvalue weighted by Gasteiger charge is 2.12. The van der Waals surface area contributed by atoms with Gasteiger partial charge in [0.1, 0.15) is 12.9 Å². The average Bonchev–Trinajstić information content (AvgIpc) is 2.59. The van der Waals surface area contributed by atoms with Gasteiger partial charge in [-0.3, -0.25) is 0 Å². The fraction of sp³-hybridized carbons (Fsp3) is 0.176. The SMILES string of the molecule is COc1cc2c(OC)ncnc2cc1OCc1ccccc1. The van der Waals surface area contributed by atoms with Crippen molar-refractivity contribution in [2.45, 2.75) is 6.61 Å². The van der Waals surface area contributed by atoms with Crippen LogP contribution < -0.4 is 14.2 Å². The number of hydrogen-bond acceptors (Lipinski definition) is 5. The molecule has 0 spiro atoms. The summed E-state index contributed by atoms with van der Waals surface area (Å²) in [7, 11) is 3.18. The van der Waals surface area contributed by atoms with E-state index in [4.69, 9.17) is 14.2 Å². The highest BCUT2D eigenvalue weighted by molar-refractivity contribution is 5.86. The third kappa shape index (κ3) is 2.79. The molecular formula is C17H16N2O3. The molecule has 0 atom stereocenters. The van der Waals surface area contributed by atoms with Crippen LogP contribution in [0.25, 0.3) is 10.9 Å². The number of benzene rings is 2. The van der Waals surface area contributed by atoms with E-state index in [1.807, 2.05) is 42.5 Å². The number of nitrogens with zero attached hydrogens (tertiary/aromatic N) is 2. The largest absolute Gasteiger partial charge is 0.493 e.